The highest BCUT2D eigenvalue weighted by Gasteiger charge is 2.48. The molecule has 3 amide bonds. The van der Waals surface area contributed by atoms with E-state index in [1.54, 1.807) is 19.0 Å². The standard InChI is InChI=1S/C27H34N4O3/c1-19(32)28-23-18-24(27(34)29(2)3)31(25(23)20-11-6-4-7-12-20)26(33)21-13-10-14-22(17-21)30-15-8-5-9-16-30/h4,6-7,10-14,17,23-25H,5,8-9,15-16,18H2,1-3H3,(H,28,32)/t23-,24-,25-/m0/s1. The first-order valence-electron chi connectivity index (χ1n) is 12.1. The number of amides is 3. The van der Waals surface area contributed by atoms with E-state index in [0.29, 0.717) is 12.0 Å². The summed E-state index contributed by atoms with van der Waals surface area (Å²) in [6.45, 7) is 3.44. The first kappa shape index (κ1) is 23.8. The number of nitrogens with one attached hydrogen (secondary N) is 1. The predicted molar refractivity (Wildman–Crippen MR) is 133 cm³/mol. The molecular weight excluding hydrogens is 428 g/mol. The molecule has 3 atom stereocenters. The summed E-state index contributed by atoms with van der Waals surface area (Å²) in [6.07, 6.45) is 3.91. The Bertz CT molecular complexity index is 1030. The molecule has 7 heteroatoms. The molecule has 180 valence electrons. The third-order valence-corrected chi connectivity index (χ3v) is 6.80. The molecule has 2 saturated heterocycles. The molecule has 0 unspecified atom stereocenters. The number of hydrogen-bond donors (Lipinski definition) is 1. The molecule has 0 radical (unpaired) electrons. The molecule has 2 aromatic carbocycles. The Labute approximate surface area is 201 Å². The van der Waals surface area contributed by atoms with Crippen molar-refractivity contribution >= 4 is 23.4 Å². The molecule has 2 aliphatic heterocycles. The summed E-state index contributed by atoms with van der Waals surface area (Å²) in [5, 5.41) is 3.00. The van der Waals surface area contributed by atoms with Gasteiger partial charge in [-0.3, -0.25) is 14.4 Å². The molecule has 0 aliphatic carbocycles. The molecule has 4 rings (SSSR count). The number of likely N-dealkylation sites (tertiary alicyclic amines) is 1. The van der Waals surface area contributed by atoms with Gasteiger partial charge < -0.3 is 20.0 Å². The van der Waals surface area contributed by atoms with Crippen molar-refractivity contribution in [1.29, 1.82) is 0 Å². The summed E-state index contributed by atoms with van der Waals surface area (Å²) < 4.78 is 0. The Morgan fingerprint density at radius 1 is 0.941 bits per heavy atom. The molecule has 0 bridgehead atoms. The van der Waals surface area contributed by atoms with Gasteiger partial charge in [-0.2, -0.15) is 0 Å². The summed E-state index contributed by atoms with van der Waals surface area (Å²) in [7, 11) is 3.40. The van der Waals surface area contributed by atoms with Crippen LogP contribution in [-0.2, 0) is 9.59 Å². The van der Waals surface area contributed by atoms with Gasteiger partial charge in [0.2, 0.25) is 11.8 Å². The van der Waals surface area contributed by atoms with Crippen LogP contribution < -0.4 is 10.2 Å². The van der Waals surface area contributed by atoms with Crippen molar-refractivity contribution in [2.45, 2.75) is 50.7 Å². The fourth-order valence-corrected chi connectivity index (χ4v) is 5.24. The number of hydrogen-bond acceptors (Lipinski definition) is 4. The molecule has 2 aliphatic rings. The fraction of sp³-hybridized carbons (Fsp3) is 0.444. The maximum absolute atomic E-state index is 14.1. The van der Waals surface area contributed by atoms with Crippen LogP contribution in [0.1, 0.15) is 54.6 Å². The van der Waals surface area contributed by atoms with E-state index in [-0.39, 0.29) is 23.8 Å². The van der Waals surface area contributed by atoms with Crippen LogP contribution in [0.5, 0.6) is 0 Å². The van der Waals surface area contributed by atoms with Crippen LogP contribution in [-0.4, -0.2) is 66.8 Å². The lowest BCUT2D eigenvalue weighted by Crippen LogP contribution is -2.47. The first-order valence-corrected chi connectivity index (χ1v) is 12.1. The van der Waals surface area contributed by atoms with Crippen LogP contribution in [0, 0.1) is 0 Å². The van der Waals surface area contributed by atoms with Crippen molar-refractivity contribution < 1.29 is 14.4 Å². The van der Waals surface area contributed by atoms with Crippen LogP contribution in [0.2, 0.25) is 0 Å². The summed E-state index contributed by atoms with van der Waals surface area (Å²) in [5.41, 5.74) is 2.50. The number of carbonyl (C=O) groups excluding carboxylic acids is 3. The lowest BCUT2D eigenvalue weighted by molar-refractivity contribution is -0.133. The molecule has 1 N–H and O–H groups in total. The number of rotatable bonds is 5. The van der Waals surface area contributed by atoms with E-state index < -0.39 is 12.1 Å². The van der Waals surface area contributed by atoms with Crippen molar-refractivity contribution in [3.8, 4) is 0 Å². The van der Waals surface area contributed by atoms with Crippen molar-refractivity contribution in [1.82, 2.24) is 15.1 Å². The van der Waals surface area contributed by atoms with E-state index in [1.165, 1.54) is 18.2 Å². The predicted octanol–water partition coefficient (Wildman–Crippen LogP) is 3.23. The summed E-state index contributed by atoms with van der Waals surface area (Å²) in [6, 6.07) is 15.9. The zero-order valence-electron chi connectivity index (χ0n) is 20.2. The van der Waals surface area contributed by atoms with Crippen LogP contribution >= 0.6 is 0 Å². The number of piperidine rings is 1. The van der Waals surface area contributed by atoms with Gasteiger partial charge in [-0.1, -0.05) is 36.4 Å². The lowest BCUT2D eigenvalue weighted by Gasteiger charge is -2.33. The summed E-state index contributed by atoms with van der Waals surface area (Å²) in [4.78, 5) is 44.9. The number of nitrogens with zero attached hydrogens (tertiary/aromatic N) is 3. The molecular formula is C27H34N4O3. The average molecular weight is 463 g/mol. The topological polar surface area (TPSA) is 73.0 Å². The second-order valence-corrected chi connectivity index (χ2v) is 9.46. The second kappa shape index (κ2) is 10.3. The average Bonchev–Trinajstić information content (AvgIpc) is 3.22. The zero-order valence-corrected chi connectivity index (χ0v) is 20.2. The molecule has 34 heavy (non-hydrogen) atoms. The van der Waals surface area contributed by atoms with Crippen molar-refractivity contribution in [2.24, 2.45) is 0 Å². The van der Waals surface area contributed by atoms with Gasteiger partial charge >= 0.3 is 0 Å². The number of carbonyl (C=O) groups is 3. The van der Waals surface area contributed by atoms with Gasteiger partial charge in [0.1, 0.15) is 6.04 Å². The van der Waals surface area contributed by atoms with Crippen molar-refractivity contribution in [2.75, 3.05) is 32.1 Å². The number of likely N-dealkylation sites (N-methyl/N-ethyl adjacent to an activating group) is 1. The van der Waals surface area contributed by atoms with Gasteiger partial charge in [-0.05, 0) is 49.4 Å². The molecule has 2 aromatic rings. The molecule has 2 fully saturated rings. The minimum absolute atomic E-state index is 0.144. The van der Waals surface area contributed by atoms with Gasteiger partial charge in [0.25, 0.3) is 5.91 Å². The minimum Gasteiger partial charge on any atom is -0.372 e. The molecule has 7 nitrogen and oxygen atoms in total. The minimum atomic E-state index is -0.664. The van der Waals surface area contributed by atoms with E-state index in [2.05, 4.69) is 10.2 Å². The molecule has 0 saturated carbocycles. The Hall–Kier alpha value is -3.35. The van der Waals surface area contributed by atoms with Crippen molar-refractivity contribution in [3.05, 3.63) is 65.7 Å². The zero-order chi connectivity index (χ0) is 24.2. The second-order valence-electron chi connectivity index (χ2n) is 9.46. The number of benzene rings is 2. The quantitative estimate of drug-likeness (QED) is 0.741. The van der Waals surface area contributed by atoms with Gasteiger partial charge in [-0.25, -0.2) is 0 Å². The highest BCUT2D eigenvalue weighted by Crippen LogP contribution is 2.39. The molecule has 0 aromatic heterocycles. The van der Waals surface area contributed by atoms with Crippen LogP contribution in [0.3, 0.4) is 0 Å². The Balaban J connectivity index is 1.74. The van der Waals surface area contributed by atoms with Crippen LogP contribution in [0.25, 0.3) is 0 Å². The Morgan fingerprint density at radius 3 is 2.29 bits per heavy atom. The monoisotopic (exact) mass is 462 g/mol. The van der Waals surface area contributed by atoms with E-state index >= 15 is 0 Å². The highest BCUT2D eigenvalue weighted by atomic mass is 16.2. The molecule has 2 heterocycles. The maximum Gasteiger partial charge on any atom is 0.255 e. The van der Waals surface area contributed by atoms with Crippen LogP contribution in [0.15, 0.2) is 54.6 Å². The molecule has 0 spiro atoms. The Morgan fingerprint density at radius 2 is 1.65 bits per heavy atom. The highest BCUT2D eigenvalue weighted by molar-refractivity contribution is 5.99. The SMILES string of the molecule is CC(=O)N[C@H]1C[C@@H](C(=O)N(C)C)N(C(=O)c2cccc(N3CCCCC3)c2)[C@H]1c1ccccc1. The Kier molecular flexibility index (Phi) is 7.20. The number of anilines is 1. The third kappa shape index (κ3) is 4.93. The summed E-state index contributed by atoms with van der Waals surface area (Å²) >= 11 is 0. The van der Waals surface area contributed by atoms with E-state index in [9.17, 15) is 14.4 Å². The van der Waals surface area contributed by atoms with Crippen molar-refractivity contribution in [3.63, 3.8) is 0 Å². The van der Waals surface area contributed by atoms with Gasteiger partial charge in [0.15, 0.2) is 0 Å². The van der Waals surface area contributed by atoms with Crippen LogP contribution in [0.4, 0.5) is 5.69 Å². The third-order valence-electron chi connectivity index (χ3n) is 6.80. The largest absolute Gasteiger partial charge is 0.372 e. The van der Waals surface area contributed by atoms with Gasteiger partial charge in [0.05, 0.1) is 12.1 Å². The lowest BCUT2D eigenvalue weighted by atomic mass is 9.99. The summed E-state index contributed by atoms with van der Waals surface area (Å²) in [5.74, 6) is -0.515. The van der Waals surface area contributed by atoms with Gasteiger partial charge in [0, 0.05) is 45.4 Å². The smallest absolute Gasteiger partial charge is 0.255 e. The van der Waals surface area contributed by atoms with E-state index in [1.807, 2.05) is 54.6 Å². The normalized spacial score (nSPS) is 22.4. The first-order chi connectivity index (χ1) is 16.4. The van der Waals surface area contributed by atoms with Gasteiger partial charge in [-0.15, -0.1) is 0 Å². The van der Waals surface area contributed by atoms with E-state index in [0.717, 1.165) is 37.2 Å². The maximum atomic E-state index is 14.1. The van der Waals surface area contributed by atoms with E-state index in [4.69, 9.17) is 0 Å². The fourth-order valence-electron chi connectivity index (χ4n) is 5.24.